The Labute approximate surface area is 181 Å². The summed E-state index contributed by atoms with van der Waals surface area (Å²) in [5, 5.41) is 6.48. The third-order valence-corrected chi connectivity index (χ3v) is 5.57. The fraction of sp³-hybridized carbons (Fsp3) is 0.333. The lowest BCUT2D eigenvalue weighted by Gasteiger charge is -2.37. The van der Waals surface area contributed by atoms with E-state index in [1.54, 1.807) is 6.20 Å². The minimum Gasteiger partial charge on any atom is -0.354 e. The molecule has 5 nitrogen and oxygen atoms in total. The summed E-state index contributed by atoms with van der Waals surface area (Å²) >= 11 is 0. The van der Waals surface area contributed by atoms with Gasteiger partial charge < -0.3 is 10.6 Å². The molecule has 2 N–H and O–H groups in total. The van der Waals surface area contributed by atoms with Crippen molar-refractivity contribution in [1.29, 1.82) is 0 Å². The number of hydrogen-bond donors (Lipinski definition) is 2. The molecule has 0 bridgehead atoms. The molecule has 1 aliphatic rings. The van der Waals surface area contributed by atoms with Gasteiger partial charge in [0.05, 0.1) is 5.69 Å². The molecule has 1 aliphatic heterocycles. The second-order valence-electron chi connectivity index (χ2n) is 7.80. The van der Waals surface area contributed by atoms with E-state index < -0.39 is 11.6 Å². The molecule has 4 rings (SSSR count). The number of likely N-dealkylation sites (N-methyl/N-ethyl adjacent to an activating group) is 1. The van der Waals surface area contributed by atoms with Crippen molar-refractivity contribution in [2.75, 3.05) is 31.5 Å². The molecular weight excluding hydrogens is 396 g/mol. The maximum atomic E-state index is 13.3. The van der Waals surface area contributed by atoms with Crippen molar-refractivity contribution in [1.82, 2.24) is 20.2 Å². The van der Waals surface area contributed by atoms with E-state index in [1.807, 2.05) is 12.1 Å². The van der Waals surface area contributed by atoms with Crippen LogP contribution in [0, 0.1) is 11.6 Å². The normalized spacial score (nSPS) is 13.9. The van der Waals surface area contributed by atoms with Gasteiger partial charge in [-0.3, -0.25) is 4.90 Å². The summed E-state index contributed by atoms with van der Waals surface area (Å²) in [6, 6.07) is 14.5. The van der Waals surface area contributed by atoms with Crippen molar-refractivity contribution >= 4 is 5.95 Å². The highest BCUT2D eigenvalue weighted by Crippen LogP contribution is 2.21. The molecule has 2 aromatic carbocycles. The van der Waals surface area contributed by atoms with Gasteiger partial charge in [0.1, 0.15) is 11.6 Å². The highest BCUT2D eigenvalue weighted by atomic mass is 19.1. The number of nitrogens with zero attached hydrogens (tertiary/aromatic N) is 3. The van der Waals surface area contributed by atoms with Gasteiger partial charge in [0.25, 0.3) is 0 Å². The molecule has 3 aromatic rings. The Morgan fingerprint density at radius 3 is 2.58 bits per heavy atom. The van der Waals surface area contributed by atoms with Crippen molar-refractivity contribution in [2.45, 2.75) is 25.9 Å². The Morgan fingerprint density at radius 1 is 1.06 bits per heavy atom. The van der Waals surface area contributed by atoms with Crippen molar-refractivity contribution in [3.05, 3.63) is 77.5 Å². The van der Waals surface area contributed by atoms with Gasteiger partial charge in [0.15, 0.2) is 0 Å². The van der Waals surface area contributed by atoms with Crippen LogP contribution >= 0.6 is 0 Å². The number of anilines is 1. The summed E-state index contributed by atoms with van der Waals surface area (Å²) in [5.41, 5.74) is 3.73. The van der Waals surface area contributed by atoms with Crippen LogP contribution in [0.2, 0.25) is 0 Å². The summed E-state index contributed by atoms with van der Waals surface area (Å²) in [6.45, 7) is 6.72. The largest absolute Gasteiger partial charge is 0.354 e. The molecule has 0 atom stereocenters. The average Bonchev–Trinajstić information content (AvgIpc) is 2.72. The number of halogens is 2. The minimum atomic E-state index is -0.566. The second-order valence-corrected chi connectivity index (χ2v) is 7.80. The number of rotatable bonds is 9. The first-order chi connectivity index (χ1) is 15.1. The van der Waals surface area contributed by atoms with Gasteiger partial charge in [-0.2, -0.15) is 0 Å². The van der Waals surface area contributed by atoms with Crippen LogP contribution in [-0.4, -0.2) is 47.1 Å². The lowest BCUT2D eigenvalue weighted by molar-refractivity contribution is 0.145. The third-order valence-electron chi connectivity index (χ3n) is 5.57. The Hall–Kier alpha value is -2.90. The molecule has 0 amide bonds. The summed E-state index contributed by atoms with van der Waals surface area (Å²) in [5.74, 6) is -0.637. The summed E-state index contributed by atoms with van der Waals surface area (Å²) in [7, 11) is 0. The zero-order valence-corrected chi connectivity index (χ0v) is 17.6. The predicted octanol–water partition coefficient (Wildman–Crippen LogP) is 3.87. The Balaban J connectivity index is 1.40. The first-order valence-electron chi connectivity index (χ1n) is 10.7. The molecule has 1 fully saturated rings. The second kappa shape index (κ2) is 9.94. The van der Waals surface area contributed by atoms with E-state index in [9.17, 15) is 8.78 Å². The van der Waals surface area contributed by atoms with Gasteiger partial charge >= 0.3 is 0 Å². The lowest BCUT2D eigenvalue weighted by atomic mass is 10.1. The third kappa shape index (κ3) is 5.62. The SMILES string of the molecule is CCN(Cc1cccc(-c2ccnc(NCCc3cc(F)cc(F)c3)n2)c1)C1CNC1. The van der Waals surface area contributed by atoms with Crippen molar-refractivity contribution in [3.63, 3.8) is 0 Å². The van der Waals surface area contributed by atoms with Crippen LogP contribution in [0.5, 0.6) is 0 Å². The van der Waals surface area contributed by atoms with Gasteiger partial charge in [-0.25, -0.2) is 18.7 Å². The quantitative estimate of drug-likeness (QED) is 0.547. The molecule has 7 heteroatoms. The summed E-state index contributed by atoms with van der Waals surface area (Å²) in [4.78, 5) is 11.4. The highest BCUT2D eigenvalue weighted by Gasteiger charge is 2.23. The smallest absolute Gasteiger partial charge is 0.223 e. The van der Waals surface area contributed by atoms with Crippen LogP contribution < -0.4 is 10.6 Å². The first kappa shape index (κ1) is 21.3. The number of nitrogens with one attached hydrogen (secondary N) is 2. The zero-order chi connectivity index (χ0) is 21.6. The molecule has 1 aromatic heterocycles. The fourth-order valence-corrected chi connectivity index (χ4v) is 3.77. The maximum Gasteiger partial charge on any atom is 0.223 e. The fourth-order valence-electron chi connectivity index (χ4n) is 3.77. The van der Waals surface area contributed by atoms with E-state index in [1.165, 1.54) is 17.7 Å². The molecule has 162 valence electrons. The molecule has 0 unspecified atom stereocenters. The van der Waals surface area contributed by atoms with Crippen LogP contribution in [-0.2, 0) is 13.0 Å². The minimum absolute atomic E-state index is 0.473. The van der Waals surface area contributed by atoms with E-state index in [0.717, 1.165) is 43.5 Å². The van der Waals surface area contributed by atoms with Crippen LogP contribution in [0.3, 0.4) is 0 Å². The lowest BCUT2D eigenvalue weighted by Crippen LogP contribution is -2.56. The van der Waals surface area contributed by atoms with Gasteiger partial charge in [-0.1, -0.05) is 25.1 Å². The maximum absolute atomic E-state index is 13.3. The van der Waals surface area contributed by atoms with E-state index >= 15 is 0 Å². The Bertz CT molecular complexity index is 1000. The van der Waals surface area contributed by atoms with E-state index in [-0.39, 0.29) is 0 Å². The van der Waals surface area contributed by atoms with Gasteiger partial charge in [0.2, 0.25) is 5.95 Å². The molecular formula is C24H27F2N5. The van der Waals surface area contributed by atoms with Crippen LogP contribution in [0.15, 0.2) is 54.7 Å². The van der Waals surface area contributed by atoms with Crippen molar-refractivity contribution < 1.29 is 8.78 Å². The Morgan fingerprint density at radius 2 is 1.87 bits per heavy atom. The number of benzene rings is 2. The molecule has 0 aliphatic carbocycles. The monoisotopic (exact) mass is 423 g/mol. The first-order valence-corrected chi connectivity index (χ1v) is 10.7. The molecule has 1 saturated heterocycles. The van der Waals surface area contributed by atoms with E-state index in [4.69, 9.17) is 0 Å². The number of hydrogen-bond acceptors (Lipinski definition) is 5. The molecule has 31 heavy (non-hydrogen) atoms. The van der Waals surface area contributed by atoms with E-state index in [2.05, 4.69) is 50.6 Å². The number of aromatic nitrogens is 2. The standard InChI is InChI=1S/C24H27F2N5/c1-2-31(22-14-27-15-22)16-18-4-3-5-19(10-18)23-7-9-29-24(30-23)28-8-6-17-11-20(25)13-21(26)12-17/h3-5,7,9-13,22,27H,2,6,8,14-16H2,1H3,(H,28,29,30). The Kier molecular flexibility index (Phi) is 6.84. The van der Waals surface area contributed by atoms with Gasteiger partial charge in [-0.05, 0) is 48.4 Å². The molecule has 0 spiro atoms. The van der Waals surface area contributed by atoms with Crippen LogP contribution in [0.1, 0.15) is 18.1 Å². The molecule has 0 saturated carbocycles. The van der Waals surface area contributed by atoms with Crippen molar-refractivity contribution in [3.8, 4) is 11.3 Å². The van der Waals surface area contributed by atoms with Crippen molar-refractivity contribution in [2.24, 2.45) is 0 Å². The van der Waals surface area contributed by atoms with E-state index in [0.29, 0.717) is 30.5 Å². The topological polar surface area (TPSA) is 53.1 Å². The highest BCUT2D eigenvalue weighted by molar-refractivity contribution is 5.61. The average molecular weight is 424 g/mol. The zero-order valence-electron chi connectivity index (χ0n) is 17.6. The van der Waals surface area contributed by atoms with Gasteiger partial charge in [0, 0.05) is 50.0 Å². The van der Waals surface area contributed by atoms with Crippen LogP contribution in [0.4, 0.5) is 14.7 Å². The van der Waals surface area contributed by atoms with Gasteiger partial charge in [-0.15, -0.1) is 0 Å². The van der Waals surface area contributed by atoms with Crippen LogP contribution in [0.25, 0.3) is 11.3 Å². The predicted molar refractivity (Wildman–Crippen MR) is 119 cm³/mol. The molecule has 0 radical (unpaired) electrons. The summed E-state index contributed by atoms with van der Waals surface area (Å²) < 4.78 is 26.7. The molecule has 2 heterocycles. The summed E-state index contributed by atoms with van der Waals surface area (Å²) in [6.07, 6.45) is 2.19.